The number of thiazole rings is 1. The standard InChI is InChI=1S/C11H10BrNOS/c1-2-9-10(13-11(14)15-9)7-5-3-4-6-8(7)12/h3-6H,2H2,1H3,(H,13,14). The smallest absolute Gasteiger partial charge is 0.305 e. The molecule has 1 N–H and O–H groups in total. The van der Waals surface area contributed by atoms with Crippen LogP contribution in [0.5, 0.6) is 0 Å². The lowest BCUT2D eigenvalue weighted by molar-refractivity contribution is 1.17. The van der Waals surface area contributed by atoms with Crippen LogP contribution in [0.15, 0.2) is 33.5 Å². The van der Waals surface area contributed by atoms with Crippen LogP contribution in [-0.2, 0) is 6.42 Å². The van der Waals surface area contributed by atoms with Crippen LogP contribution in [0.1, 0.15) is 11.8 Å². The number of H-pyrrole nitrogens is 1. The molecule has 0 aliphatic rings. The molecule has 0 spiro atoms. The van der Waals surface area contributed by atoms with Gasteiger partial charge in [-0.05, 0) is 12.5 Å². The molecule has 0 amide bonds. The van der Waals surface area contributed by atoms with Crippen molar-refractivity contribution in [2.24, 2.45) is 0 Å². The third kappa shape index (κ3) is 2.06. The Morgan fingerprint density at radius 3 is 2.80 bits per heavy atom. The highest BCUT2D eigenvalue weighted by Crippen LogP contribution is 2.29. The number of aryl methyl sites for hydroxylation is 1. The van der Waals surface area contributed by atoms with Gasteiger partial charge < -0.3 is 4.98 Å². The first-order chi connectivity index (χ1) is 7.22. The Labute approximate surface area is 100 Å². The van der Waals surface area contributed by atoms with Gasteiger partial charge in [-0.3, -0.25) is 4.79 Å². The van der Waals surface area contributed by atoms with Crippen molar-refractivity contribution in [1.82, 2.24) is 4.98 Å². The van der Waals surface area contributed by atoms with E-state index in [0.717, 1.165) is 27.0 Å². The fourth-order valence-electron chi connectivity index (χ4n) is 1.49. The lowest BCUT2D eigenvalue weighted by atomic mass is 10.1. The van der Waals surface area contributed by atoms with Crippen molar-refractivity contribution in [3.8, 4) is 11.3 Å². The van der Waals surface area contributed by atoms with Gasteiger partial charge in [0.1, 0.15) is 0 Å². The van der Waals surface area contributed by atoms with Crippen LogP contribution >= 0.6 is 27.3 Å². The van der Waals surface area contributed by atoms with Crippen molar-refractivity contribution < 1.29 is 0 Å². The summed E-state index contributed by atoms with van der Waals surface area (Å²) < 4.78 is 1.01. The zero-order chi connectivity index (χ0) is 10.8. The van der Waals surface area contributed by atoms with Gasteiger partial charge >= 0.3 is 4.87 Å². The minimum absolute atomic E-state index is 0.0117. The van der Waals surface area contributed by atoms with Crippen molar-refractivity contribution in [1.29, 1.82) is 0 Å². The summed E-state index contributed by atoms with van der Waals surface area (Å²) >= 11 is 4.77. The number of benzene rings is 1. The van der Waals surface area contributed by atoms with Crippen molar-refractivity contribution in [3.05, 3.63) is 43.3 Å². The quantitative estimate of drug-likeness (QED) is 0.900. The molecule has 0 atom stereocenters. The van der Waals surface area contributed by atoms with E-state index in [4.69, 9.17) is 0 Å². The average Bonchev–Trinajstić information content (AvgIpc) is 2.60. The Morgan fingerprint density at radius 1 is 1.40 bits per heavy atom. The third-order valence-electron chi connectivity index (χ3n) is 2.19. The molecule has 2 rings (SSSR count). The van der Waals surface area contributed by atoms with Crippen LogP contribution in [0.2, 0.25) is 0 Å². The summed E-state index contributed by atoms with van der Waals surface area (Å²) in [6.45, 7) is 2.06. The first-order valence-electron chi connectivity index (χ1n) is 4.69. The highest BCUT2D eigenvalue weighted by molar-refractivity contribution is 9.10. The van der Waals surface area contributed by atoms with Crippen LogP contribution in [-0.4, -0.2) is 4.98 Å². The largest absolute Gasteiger partial charge is 0.312 e. The molecule has 0 fully saturated rings. The van der Waals surface area contributed by atoms with E-state index >= 15 is 0 Å². The SMILES string of the molecule is CCc1sc(=O)[nH]c1-c1ccccc1Br. The number of rotatable bonds is 2. The molecular weight excluding hydrogens is 274 g/mol. The Kier molecular flexibility index (Phi) is 3.07. The lowest BCUT2D eigenvalue weighted by Gasteiger charge is -2.03. The molecule has 2 aromatic rings. The van der Waals surface area contributed by atoms with E-state index in [-0.39, 0.29) is 4.87 Å². The third-order valence-corrected chi connectivity index (χ3v) is 3.90. The zero-order valence-corrected chi connectivity index (χ0v) is 10.6. The summed E-state index contributed by atoms with van der Waals surface area (Å²) in [6.07, 6.45) is 0.875. The minimum atomic E-state index is 0.0117. The van der Waals surface area contributed by atoms with Gasteiger partial charge in [-0.2, -0.15) is 0 Å². The maximum Gasteiger partial charge on any atom is 0.305 e. The first-order valence-corrected chi connectivity index (χ1v) is 6.30. The van der Waals surface area contributed by atoms with Crippen molar-refractivity contribution in [2.75, 3.05) is 0 Å². The maximum absolute atomic E-state index is 11.3. The molecule has 0 saturated heterocycles. The zero-order valence-electron chi connectivity index (χ0n) is 8.21. The average molecular weight is 284 g/mol. The minimum Gasteiger partial charge on any atom is -0.312 e. The fourth-order valence-corrected chi connectivity index (χ4v) is 2.76. The van der Waals surface area contributed by atoms with Gasteiger partial charge in [0.15, 0.2) is 0 Å². The second-order valence-electron chi connectivity index (χ2n) is 3.15. The van der Waals surface area contributed by atoms with Crippen molar-refractivity contribution >= 4 is 27.3 Å². The lowest BCUT2D eigenvalue weighted by Crippen LogP contribution is -1.92. The number of aromatic nitrogens is 1. The summed E-state index contributed by atoms with van der Waals surface area (Å²) in [5.41, 5.74) is 1.99. The summed E-state index contributed by atoms with van der Waals surface area (Å²) in [5, 5.41) is 0. The molecule has 4 heteroatoms. The summed E-state index contributed by atoms with van der Waals surface area (Å²) in [5.74, 6) is 0. The van der Waals surface area contributed by atoms with E-state index in [1.807, 2.05) is 24.3 Å². The van der Waals surface area contributed by atoms with E-state index in [1.54, 1.807) is 0 Å². The van der Waals surface area contributed by atoms with Crippen LogP contribution in [0.4, 0.5) is 0 Å². The van der Waals surface area contributed by atoms with Gasteiger partial charge in [0.05, 0.1) is 5.69 Å². The molecule has 0 aliphatic carbocycles. The summed E-state index contributed by atoms with van der Waals surface area (Å²) in [7, 11) is 0. The number of hydrogen-bond acceptors (Lipinski definition) is 2. The van der Waals surface area contributed by atoms with Gasteiger partial charge in [0, 0.05) is 14.9 Å². The Hall–Kier alpha value is -0.870. The highest BCUT2D eigenvalue weighted by Gasteiger charge is 2.10. The van der Waals surface area contributed by atoms with Gasteiger partial charge in [-0.25, -0.2) is 0 Å². The van der Waals surface area contributed by atoms with Gasteiger partial charge in [0.25, 0.3) is 0 Å². The predicted octanol–water partition coefficient (Wildman–Crippen LogP) is 3.43. The predicted molar refractivity (Wildman–Crippen MR) is 67.5 cm³/mol. The Bertz CT molecular complexity index is 529. The van der Waals surface area contributed by atoms with E-state index < -0.39 is 0 Å². The van der Waals surface area contributed by atoms with E-state index in [9.17, 15) is 4.79 Å². The monoisotopic (exact) mass is 283 g/mol. The fraction of sp³-hybridized carbons (Fsp3) is 0.182. The van der Waals surface area contributed by atoms with Crippen molar-refractivity contribution in [3.63, 3.8) is 0 Å². The second-order valence-corrected chi connectivity index (χ2v) is 5.07. The molecule has 0 aliphatic heterocycles. The molecule has 0 unspecified atom stereocenters. The normalized spacial score (nSPS) is 10.5. The second kappa shape index (κ2) is 4.33. The van der Waals surface area contributed by atoms with Crippen LogP contribution in [0.3, 0.4) is 0 Å². The van der Waals surface area contributed by atoms with E-state index in [0.29, 0.717) is 0 Å². The molecule has 78 valence electrons. The molecule has 1 aromatic carbocycles. The van der Waals surface area contributed by atoms with Crippen LogP contribution in [0.25, 0.3) is 11.3 Å². The summed E-state index contributed by atoms with van der Waals surface area (Å²) in [4.78, 5) is 15.3. The van der Waals surface area contributed by atoms with Gasteiger partial charge in [-0.1, -0.05) is 52.4 Å². The Morgan fingerprint density at radius 2 is 2.13 bits per heavy atom. The molecular formula is C11H10BrNOS. The highest BCUT2D eigenvalue weighted by atomic mass is 79.9. The molecule has 0 saturated carbocycles. The van der Waals surface area contributed by atoms with Crippen LogP contribution in [0, 0.1) is 0 Å². The number of nitrogens with one attached hydrogen (secondary N) is 1. The number of hydrogen-bond donors (Lipinski definition) is 1. The topological polar surface area (TPSA) is 32.9 Å². The molecule has 0 bridgehead atoms. The number of aromatic amines is 1. The molecule has 1 heterocycles. The van der Waals surface area contributed by atoms with Gasteiger partial charge in [-0.15, -0.1) is 0 Å². The van der Waals surface area contributed by atoms with Crippen LogP contribution < -0.4 is 4.87 Å². The molecule has 15 heavy (non-hydrogen) atoms. The van der Waals surface area contributed by atoms with Crippen molar-refractivity contribution in [2.45, 2.75) is 13.3 Å². The van der Waals surface area contributed by atoms with Gasteiger partial charge in [0.2, 0.25) is 0 Å². The van der Waals surface area contributed by atoms with E-state index in [1.165, 1.54) is 11.3 Å². The molecule has 2 nitrogen and oxygen atoms in total. The summed E-state index contributed by atoms with van der Waals surface area (Å²) in [6, 6.07) is 7.91. The number of halogens is 1. The molecule has 1 aromatic heterocycles. The van der Waals surface area contributed by atoms with E-state index in [2.05, 4.69) is 27.8 Å². The molecule has 0 radical (unpaired) electrons. The first kappa shape index (κ1) is 10.6. The maximum atomic E-state index is 11.3. The Balaban J connectivity index is 2.63.